The van der Waals surface area contributed by atoms with Crippen molar-refractivity contribution in [3.8, 4) is 5.75 Å². The zero-order valence-electron chi connectivity index (χ0n) is 13.3. The highest BCUT2D eigenvalue weighted by molar-refractivity contribution is 5.95. The third-order valence-corrected chi connectivity index (χ3v) is 3.21. The maximum absolute atomic E-state index is 11.6. The van der Waals surface area contributed by atoms with Gasteiger partial charge in [-0.3, -0.25) is 10.1 Å². The molecule has 0 aliphatic heterocycles. The smallest absolute Gasteiger partial charge is 0.336 e. The molecule has 0 aliphatic carbocycles. The molecule has 1 aromatic heterocycles. The SMILES string of the molecule is C=CCNC(=O)NC(=O)COc1ccc2c(CC)cc(=O)oc2c1. The van der Waals surface area contributed by atoms with Gasteiger partial charge in [0.05, 0.1) is 0 Å². The lowest BCUT2D eigenvalue weighted by Crippen LogP contribution is -2.41. The molecule has 0 saturated heterocycles. The third kappa shape index (κ3) is 4.45. The molecule has 1 aromatic carbocycles. The predicted molar refractivity (Wildman–Crippen MR) is 89.1 cm³/mol. The number of aryl methyl sites for hydroxylation is 1. The van der Waals surface area contributed by atoms with Crippen molar-refractivity contribution in [1.82, 2.24) is 10.6 Å². The van der Waals surface area contributed by atoms with Crippen molar-refractivity contribution in [2.75, 3.05) is 13.2 Å². The van der Waals surface area contributed by atoms with Gasteiger partial charge in [-0.1, -0.05) is 13.0 Å². The van der Waals surface area contributed by atoms with E-state index in [1.807, 2.05) is 6.92 Å². The summed E-state index contributed by atoms with van der Waals surface area (Å²) in [5.74, 6) is -0.235. The van der Waals surface area contributed by atoms with Crippen LogP contribution >= 0.6 is 0 Å². The fourth-order valence-corrected chi connectivity index (χ4v) is 2.11. The van der Waals surface area contributed by atoms with Gasteiger partial charge in [0.15, 0.2) is 6.61 Å². The first-order valence-electron chi connectivity index (χ1n) is 7.41. The maximum Gasteiger partial charge on any atom is 0.336 e. The number of rotatable bonds is 6. The summed E-state index contributed by atoms with van der Waals surface area (Å²) in [6.45, 7) is 5.30. The van der Waals surface area contributed by atoms with E-state index in [1.165, 1.54) is 12.1 Å². The Morgan fingerprint density at radius 2 is 2.12 bits per heavy atom. The van der Waals surface area contributed by atoms with Crippen LogP contribution < -0.4 is 21.0 Å². The molecular formula is C17H18N2O5. The molecule has 2 rings (SSSR count). The summed E-state index contributed by atoms with van der Waals surface area (Å²) < 4.78 is 10.5. The van der Waals surface area contributed by atoms with Crippen LogP contribution in [0.1, 0.15) is 12.5 Å². The Balaban J connectivity index is 2.03. The highest BCUT2D eigenvalue weighted by Crippen LogP contribution is 2.22. The van der Waals surface area contributed by atoms with Crippen LogP contribution in [-0.4, -0.2) is 25.1 Å². The van der Waals surface area contributed by atoms with Crippen LogP contribution in [0, 0.1) is 0 Å². The summed E-state index contributed by atoms with van der Waals surface area (Å²) in [7, 11) is 0. The van der Waals surface area contributed by atoms with Gasteiger partial charge in [-0.25, -0.2) is 9.59 Å². The van der Waals surface area contributed by atoms with Gasteiger partial charge in [0, 0.05) is 24.1 Å². The van der Waals surface area contributed by atoms with Crippen molar-refractivity contribution in [3.63, 3.8) is 0 Å². The minimum Gasteiger partial charge on any atom is -0.484 e. The molecule has 0 fully saturated rings. The Hall–Kier alpha value is -3.09. The Bertz CT molecular complexity index is 825. The molecule has 3 amide bonds. The summed E-state index contributed by atoms with van der Waals surface area (Å²) >= 11 is 0. The number of carbonyl (C=O) groups excluding carboxylic acids is 2. The summed E-state index contributed by atoms with van der Waals surface area (Å²) in [5, 5.41) is 5.34. The van der Waals surface area contributed by atoms with Gasteiger partial charge in [0.2, 0.25) is 0 Å². The highest BCUT2D eigenvalue weighted by Gasteiger charge is 2.09. The summed E-state index contributed by atoms with van der Waals surface area (Å²) in [6, 6.07) is 5.81. The summed E-state index contributed by atoms with van der Waals surface area (Å²) in [4.78, 5) is 34.4. The van der Waals surface area contributed by atoms with Gasteiger partial charge in [-0.15, -0.1) is 6.58 Å². The Morgan fingerprint density at radius 3 is 2.83 bits per heavy atom. The number of hydrogen-bond acceptors (Lipinski definition) is 5. The molecule has 2 aromatic rings. The Morgan fingerprint density at radius 1 is 1.33 bits per heavy atom. The van der Waals surface area contributed by atoms with Gasteiger partial charge >= 0.3 is 11.7 Å². The lowest BCUT2D eigenvalue weighted by Gasteiger charge is -2.08. The molecule has 0 bridgehead atoms. The van der Waals surface area contributed by atoms with E-state index in [-0.39, 0.29) is 13.2 Å². The van der Waals surface area contributed by atoms with Crippen molar-refractivity contribution in [3.05, 3.63) is 52.9 Å². The molecular weight excluding hydrogens is 312 g/mol. The second kappa shape index (κ2) is 7.96. The minimum atomic E-state index is -0.624. The molecule has 126 valence electrons. The van der Waals surface area contributed by atoms with Crippen LogP contribution in [0.5, 0.6) is 5.75 Å². The zero-order valence-corrected chi connectivity index (χ0v) is 13.3. The van der Waals surface area contributed by atoms with E-state index in [9.17, 15) is 14.4 Å². The highest BCUT2D eigenvalue weighted by atomic mass is 16.5. The fourth-order valence-electron chi connectivity index (χ4n) is 2.11. The number of fused-ring (bicyclic) bond motifs is 1. The van der Waals surface area contributed by atoms with E-state index in [1.54, 1.807) is 18.2 Å². The number of carbonyl (C=O) groups is 2. The van der Waals surface area contributed by atoms with E-state index in [2.05, 4.69) is 17.2 Å². The van der Waals surface area contributed by atoms with Crippen LogP contribution in [0.3, 0.4) is 0 Å². The molecule has 24 heavy (non-hydrogen) atoms. The third-order valence-electron chi connectivity index (χ3n) is 3.21. The quantitative estimate of drug-likeness (QED) is 0.621. The van der Waals surface area contributed by atoms with E-state index in [0.717, 1.165) is 10.9 Å². The number of benzene rings is 1. The molecule has 0 saturated carbocycles. The first-order valence-corrected chi connectivity index (χ1v) is 7.41. The predicted octanol–water partition coefficient (Wildman–Crippen LogP) is 1.75. The van der Waals surface area contributed by atoms with E-state index < -0.39 is 17.6 Å². The lowest BCUT2D eigenvalue weighted by molar-refractivity contribution is -0.122. The lowest BCUT2D eigenvalue weighted by atomic mass is 10.1. The standard InChI is InChI=1S/C17H18N2O5/c1-3-7-18-17(22)19-15(20)10-23-12-5-6-13-11(4-2)8-16(21)24-14(13)9-12/h3,5-6,8-9H,1,4,7,10H2,2H3,(H2,18,19,20,22). The van der Waals surface area contributed by atoms with E-state index in [0.29, 0.717) is 17.8 Å². The average molecular weight is 330 g/mol. The van der Waals surface area contributed by atoms with Crippen molar-refractivity contribution in [2.24, 2.45) is 0 Å². The van der Waals surface area contributed by atoms with Crippen molar-refractivity contribution >= 4 is 22.9 Å². The van der Waals surface area contributed by atoms with Crippen molar-refractivity contribution in [1.29, 1.82) is 0 Å². The average Bonchev–Trinajstić information content (AvgIpc) is 2.56. The van der Waals surface area contributed by atoms with Gasteiger partial charge in [0.25, 0.3) is 5.91 Å². The molecule has 7 heteroatoms. The summed E-state index contributed by atoms with van der Waals surface area (Å²) in [5.41, 5.74) is 0.832. The normalized spacial score (nSPS) is 10.2. The molecule has 0 aliphatic rings. The second-order valence-corrected chi connectivity index (χ2v) is 4.94. The molecule has 2 N–H and O–H groups in total. The van der Waals surface area contributed by atoms with Crippen LogP contribution in [0.15, 0.2) is 46.1 Å². The molecule has 0 radical (unpaired) electrons. The van der Waals surface area contributed by atoms with Crippen LogP contribution in [0.2, 0.25) is 0 Å². The van der Waals surface area contributed by atoms with E-state index >= 15 is 0 Å². The minimum absolute atomic E-state index is 0.253. The van der Waals surface area contributed by atoms with Gasteiger partial charge in [0.1, 0.15) is 11.3 Å². The van der Waals surface area contributed by atoms with Crippen LogP contribution in [0.4, 0.5) is 4.79 Å². The number of nitrogens with one attached hydrogen (secondary N) is 2. The van der Waals surface area contributed by atoms with Gasteiger partial charge in [-0.05, 0) is 24.1 Å². The Labute approximate surface area is 138 Å². The second-order valence-electron chi connectivity index (χ2n) is 4.94. The van der Waals surface area contributed by atoms with Gasteiger partial charge < -0.3 is 14.5 Å². The van der Waals surface area contributed by atoms with Crippen LogP contribution in [-0.2, 0) is 11.2 Å². The summed E-state index contributed by atoms with van der Waals surface area (Å²) in [6.07, 6.45) is 2.19. The number of urea groups is 1. The number of hydrogen-bond donors (Lipinski definition) is 2. The first-order chi connectivity index (χ1) is 11.5. The van der Waals surface area contributed by atoms with Crippen molar-refractivity contribution < 1.29 is 18.7 Å². The van der Waals surface area contributed by atoms with Gasteiger partial charge in [-0.2, -0.15) is 0 Å². The number of imide groups is 1. The van der Waals surface area contributed by atoms with Crippen molar-refractivity contribution in [2.45, 2.75) is 13.3 Å². The van der Waals surface area contributed by atoms with Crippen LogP contribution in [0.25, 0.3) is 11.0 Å². The maximum atomic E-state index is 11.6. The Kier molecular flexibility index (Phi) is 5.73. The molecule has 1 heterocycles. The molecule has 0 atom stereocenters. The monoisotopic (exact) mass is 330 g/mol. The molecule has 0 unspecified atom stereocenters. The topological polar surface area (TPSA) is 97.6 Å². The largest absolute Gasteiger partial charge is 0.484 e. The fraction of sp³-hybridized carbons (Fsp3) is 0.235. The zero-order chi connectivity index (χ0) is 17.5. The number of amides is 3. The molecule has 7 nitrogen and oxygen atoms in total. The van der Waals surface area contributed by atoms with E-state index in [4.69, 9.17) is 9.15 Å². The first kappa shape index (κ1) is 17.3. The molecule has 0 spiro atoms. The number of ether oxygens (including phenoxy) is 1.